The minimum Gasteiger partial charge on any atom is -0.481 e. The predicted octanol–water partition coefficient (Wildman–Crippen LogP) is 3.71. The van der Waals surface area contributed by atoms with E-state index in [4.69, 9.17) is 0 Å². The average molecular weight is 385 g/mol. The third-order valence-corrected chi connectivity index (χ3v) is 6.13. The third kappa shape index (κ3) is 3.17. The number of piperidine rings is 1. The van der Waals surface area contributed by atoms with Crippen LogP contribution in [0.5, 0.6) is 0 Å². The van der Waals surface area contributed by atoms with Crippen molar-refractivity contribution in [1.29, 1.82) is 0 Å². The molecule has 2 aromatic carbocycles. The summed E-state index contributed by atoms with van der Waals surface area (Å²) in [6.45, 7) is 0.684. The monoisotopic (exact) mass is 385 g/mol. The van der Waals surface area contributed by atoms with Crippen molar-refractivity contribution in [3.63, 3.8) is 0 Å². The Morgan fingerprint density at radius 2 is 1.71 bits per heavy atom. The summed E-state index contributed by atoms with van der Waals surface area (Å²) in [5.74, 6) is -2.64. The number of amides is 1. The van der Waals surface area contributed by atoms with Gasteiger partial charge in [0.25, 0.3) is 0 Å². The first-order valence-corrected chi connectivity index (χ1v) is 9.45. The second kappa shape index (κ2) is 7.00. The SMILES string of the molecule is O=C([C@@H]1C[C@H]1c1cc(F)ccc1F)N1CCC(C(=O)O)(c2ccccc2)CC1. The Hall–Kier alpha value is -2.76. The van der Waals surface area contributed by atoms with E-state index < -0.39 is 23.0 Å². The van der Waals surface area contributed by atoms with Crippen LogP contribution in [-0.2, 0) is 15.0 Å². The maximum absolute atomic E-state index is 14.0. The lowest BCUT2D eigenvalue weighted by Gasteiger charge is -2.39. The number of likely N-dealkylation sites (tertiary alicyclic amines) is 1. The van der Waals surface area contributed by atoms with E-state index in [1.807, 2.05) is 30.3 Å². The molecule has 0 unspecified atom stereocenters. The summed E-state index contributed by atoms with van der Waals surface area (Å²) in [5, 5.41) is 9.86. The summed E-state index contributed by atoms with van der Waals surface area (Å²) in [5.41, 5.74) is 0.00982. The van der Waals surface area contributed by atoms with Crippen LogP contribution in [0.3, 0.4) is 0 Å². The summed E-state index contributed by atoms with van der Waals surface area (Å²) < 4.78 is 27.4. The quantitative estimate of drug-likeness (QED) is 0.873. The number of hydrogen-bond acceptors (Lipinski definition) is 2. The molecule has 2 fully saturated rings. The maximum atomic E-state index is 14.0. The Labute approximate surface area is 161 Å². The van der Waals surface area contributed by atoms with E-state index in [1.54, 1.807) is 4.90 Å². The third-order valence-electron chi connectivity index (χ3n) is 6.13. The minimum atomic E-state index is -0.990. The lowest BCUT2D eigenvalue weighted by molar-refractivity contribution is -0.148. The van der Waals surface area contributed by atoms with Gasteiger partial charge in [0.15, 0.2) is 0 Å². The lowest BCUT2D eigenvalue weighted by atomic mass is 9.73. The molecule has 1 amide bonds. The molecule has 0 radical (unpaired) electrons. The topological polar surface area (TPSA) is 57.6 Å². The number of carboxylic acid groups (broad SMARTS) is 1. The summed E-state index contributed by atoms with van der Waals surface area (Å²) in [6, 6.07) is 12.4. The largest absolute Gasteiger partial charge is 0.481 e. The second-order valence-corrected chi connectivity index (χ2v) is 7.69. The van der Waals surface area contributed by atoms with E-state index in [1.165, 1.54) is 0 Å². The summed E-state index contributed by atoms with van der Waals surface area (Å²) in [7, 11) is 0. The standard InChI is InChI=1S/C22H21F2NO3/c23-15-6-7-19(24)17(12-15)16-13-18(16)20(26)25-10-8-22(9-11-25,21(27)28)14-4-2-1-3-5-14/h1-7,12,16,18H,8-11,13H2,(H,27,28)/t16-,18+/m0/s1. The van der Waals surface area contributed by atoms with Crippen molar-refractivity contribution >= 4 is 11.9 Å². The van der Waals surface area contributed by atoms with Crippen molar-refractivity contribution < 1.29 is 23.5 Å². The number of carboxylic acids is 1. The number of hydrogen-bond donors (Lipinski definition) is 1. The van der Waals surface area contributed by atoms with Crippen molar-refractivity contribution in [3.8, 4) is 0 Å². The first-order valence-electron chi connectivity index (χ1n) is 9.45. The zero-order valence-electron chi connectivity index (χ0n) is 15.3. The van der Waals surface area contributed by atoms with Gasteiger partial charge in [0.2, 0.25) is 5.91 Å². The molecule has 2 aliphatic rings. The zero-order chi connectivity index (χ0) is 19.9. The molecule has 1 saturated heterocycles. The second-order valence-electron chi connectivity index (χ2n) is 7.69. The Morgan fingerprint density at radius 3 is 2.36 bits per heavy atom. The molecule has 0 spiro atoms. The number of aliphatic carboxylic acids is 1. The Kier molecular flexibility index (Phi) is 4.65. The van der Waals surface area contributed by atoms with E-state index in [2.05, 4.69) is 0 Å². The molecule has 0 aromatic heterocycles. The number of halogens is 2. The normalized spacial score (nSPS) is 23.3. The van der Waals surface area contributed by atoms with Gasteiger partial charge in [-0.2, -0.15) is 0 Å². The maximum Gasteiger partial charge on any atom is 0.314 e. The predicted molar refractivity (Wildman–Crippen MR) is 98.8 cm³/mol. The van der Waals surface area contributed by atoms with Gasteiger partial charge in [0.05, 0.1) is 5.41 Å². The first kappa shape index (κ1) is 18.6. The molecule has 1 saturated carbocycles. The summed E-state index contributed by atoms with van der Waals surface area (Å²) in [6.07, 6.45) is 1.17. The molecule has 2 atom stereocenters. The molecule has 4 rings (SSSR count). The van der Waals surface area contributed by atoms with Gasteiger partial charge in [-0.3, -0.25) is 9.59 Å². The van der Waals surface area contributed by atoms with E-state index in [0.29, 0.717) is 32.4 Å². The number of carbonyl (C=O) groups is 2. The molecule has 4 nitrogen and oxygen atoms in total. The molecule has 146 valence electrons. The van der Waals surface area contributed by atoms with Crippen LogP contribution in [-0.4, -0.2) is 35.0 Å². The average Bonchev–Trinajstić information content (AvgIpc) is 3.50. The van der Waals surface area contributed by atoms with Gasteiger partial charge in [0.1, 0.15) is 11.6 Å². The van der Waals surface area contributed by atoms with Gasteiger partial charge >= 0.3 is 5.97 Å². The highest BCUT2D eigenvalue weighted by Gasteiger charge is 2.50. The van der Waals surface area contributed by atoms with E-state index in [9.17, 15) is 23.5 Å². The fraction of sp³-hybridized carbons (Fsp3) is 0.364. The van der Waals surface area contributed by atoms with Crippen LogP contribution in [0.4, 0.5) is 8.78 Å². The van der Waals surface area contributed by atoms with Crippen LogP contribution in [0.15, 0.2) is 48.5 Å². The molecule has 0 bridgehead atoms. The van der Waals surface area contributed by atoms with E-state index in [0.717, 1.165) is 23.8 Å². The highest BCUT2D eigenvalue weighted by atomic mass is 19.1. The van der Waals surface area contributed by atoms with Crippen LogP contribution in [0.1, 0.15) is 36.3 Å². The smallest absolute Gasteiger partial charge is 0.314 e. The molecular weight excluding hydrogens is 364 g/mol. The Morgan fingerprint density at radius 1 is 1.04 bits per heavy atom. The summed E-state index contributed by atoms with van der Waals surface area (Å²) in [4.78, 5) is 26.5. The minimum absolute atomic E-state index is 0.0966. The van der Waals surface area contributed by atoms with Crippen molar-refractivity contribution in [3.05, 3.63) is 71.3 Å². The van der Waals surface area contributed by atoms with E-state index in [-0.39, 0.29) is 23.3 Å². The van der Waals surface area contributed by atoms with Gasteiger partial charge in [-0.15, -0.1) is 0 Å². The fourth-order valence-electron chi connectivity index (χ4n) is 4.34. The lowest BCUT2D eigenvalue weighted by Crippen LogP contribution is -2.49. The van der Waals surface area contributed by atoms with Gasteiger partial charge in [-0.25, -0.2) is 8.78 Å². The molecule has 6 heteroatoms. The van der Waals surface area contributed by atoms with Crippen molar-refractivity contribution in [2.24, 2.45) is 5.92 Å². The van der Waals surface area contributed by atoms with Gasteiger partial charge in [0, 0.05) is 19.0 Å². The number of benzene rings is 2. The zero-order valence-corrected chi connectivity index (χ0v) is 15.3. The molecule has 1 aliphatic carbocycles. The van der Waals surface area contributed by atoms with Crippen LogP contribution in [0, 0.1) is 17.6 Å². The molecular formula is C22H21F2NO3. The van der Waals surface area contributed by atoms with Gasteiger partial charge < -0.3 is 10.0 Å². The summed E-state index contributed by atoms with van der Waals surface area (Å²) >= 11 is 0. The van der Waals surface area contributed by atoms with Crippen molar-refractivity contribution in [2.45, 2.75) is 30.6 Å². The first-order chi connectivity index (χ1) is 13.4. The fourth-order valence-corrected chi connectivity index (χ4v) is 4.34. The van der Waals surface area contributed by atoms with Crippen LogP contribution in [0.2, 0.25) is 0 Å². The van der Waals surface area contributed by atoms with E-state index >= 15 is 0 Å². The number of carbonyl (C=O) groups excluding carboxylic acids is 1. The highest BCUT2D eigenvalue weighted by molar-refractivity contribution is 5.85. The van der Waals surface area contributed by atoms with Gasteiger partial charge in [-0.05, 0) is 54.5 Å². The molecule has 1 N–H and O–H groups in total. The highest BCUT2D eigenvalue weighted by Crippen LogP contribution is 2.50. The molecule has 1 aliphatic heterocycles. The van der Waals surface area contributed by atoms with Crippen molar-refractivity contribution in [2.75, 3.05) is 13.1 Å². The van der Waals surface area contributed by atoms with Crippen LogP contribution >= 0.6 is 0 Å². The Bertz CT molecular complexity index is 907. The van der Waals surface area contributed by atoms with Crippen molar-refractivity contribution in [1.82, 2.24) is 4.90 Å². The number of nitrogens with zero attached hydrogens (tertiary/aromatic N) is 1. The molecule has 28 heavy (non-hydrogen) atoms. The molecule has 2 aromatic rings. The number of rotatable bonds is 4. The van der Waals surface area contributed by atoms with Crippen LogP contribution in [0.25, 0.3) is 0 Å². The Balaban J connectivity index is 1.45. The van der Waals surface area contributed by atoms with Gasteiger partial charge in [-0.1, -0.05) is 30.3 Å². The van der Waals surface area contributed by atoms with Crippen LogP contribution < -0.4 is 0 Å². The molecule has 1 heterocycles.